The van der Waals surface area contributed by atoms with Crippen molar-refractivity contribution < 1.29 is 0 Å². The van der Waals surface area contributed by atoms with Crippen molar-refractivity contribution in [3.8, 4) is 0 Å². The molecule has 0 aliphatic rings. The van der Waals surface area contributed by atoms with Gasteiger partial charge in [-0.05, 0) is 36.2 Å². The molecule has 0 spiro atoms. The first kappa shape index (κ1) is 6.45. The lowest BCUT2D eigenvalue weighted by atomic mass is 10.3. The quantitative estimate of drug-likeness (QED) is 0.455. The molecule has 0 unspecified atom stereocenters. The summed E-state index contributed by atoms with van der Waals surface area (Å²) in [5.41, 5.74) is 6.20. The predicted octanol–water partition coefficient (Wildman–Crippen LogP) is 1.23. The topological polar surface area (TPSA) is 52.0 Å². The highest BCUT2D eigenvalue weighted by molar-refractivity contribution is 7.97. The Bertz CT molecular complexity index is 183. The summed E-state index contributed by atoms with van der Waals surface area (Å²) in [6.45, 7) is 0. The van der Waals surface area contributed by atoms with E-state index in [0.29, 0.717) is 0 Å². The molecule has 0 radical (unpaired) electrons. The molecule has 0 aromatic heterocycles. The normalized spacial score (nSPS) is 9.44. The van der Waals surface area contributed by atoms with Crippen LogP contribution >= 0.6 is 11.9 Å². The number of anilines is 1. The Morgan fingerprint density at radius 2 is 1.67 bits per heavy atom. The van der Waals surface area contributed by atoms with Crippen LogP contribution in [0.4, 0.5) is 5.69 Å². The second-order valence-electron chi connectivity index (χ2n) is 1.69. The van der Waals surface area contributed by atoms with Gasteiger partial charge in [0.25, 0.3) is 0 Å². The van der Waals surface area contributed by atoms with Gasteiger partial charge in [-0.2, -0.15) is 0 Å². The minimum atomic E-state index is 0.771. The second-order valence-corrected chi connectivity index (χ2v) is 2.39. The molecule has 0 amide bonds. The van der Waals surface area contributed by atoms with Crippen LogP contribution in [0.1, 0.15) is 0 Å². The highest BCUT2D eigenvalue weighted by Crippen LogP contribution is 2.12. The summed E-state index contributed by atoms with van der Waals surface area (Å²) >= 11 is 1.22. The fourth-order valence-electron chi connectivity index (χ4n) is 0.546. The van der Waals surface area contributed by atoms with Gasteiger partial charge >= 0.3 is 0 Å². The van der Waals surface area contributed by atoms with Crippen molar-refractivity contribution in [1.29, 1.82) is 0 Å². The Hall–Kier alpha value is -0.670. The standard InChI is InChI=1S/C6H8N2S/c7-5-1-3-6(9-8)4-2-5/h1-4H,7-8H2. The molecule has 1 aromatic rings. The molecule has 0 saturated carbocycles. The van der Waals surface area contributed by atoms with Crippen molar-refractivity contribution in [3.63, 3.8) is 0 Å². The largest absolute Gasteiger partial charge is 0.399 e. The Morgan fingerprint density at radius 3 is 2.11 bits per heavy atom. The average Bonchev–Trinajstić information content (AvgIpc) is 1.90. The van der Waals surface area contributed by atoms with Crippen LogP contribution in [0.2, 0.25) is 0 Å². The molecule has 0 aliphatic carbocycles. The molecule has 0 saturated heterocycles. The van der Waals surface area contributed by atoms with E-state index in [9.17, 15) is 0 Å². The molecular formula is C6H8N2S. The van der Waals surface area contributed by atoms with Crippen LogP contribution in [-0.4, -0.2) is 0 Å². The summed E-state index contributed by atoms with van der Waals surface area (Å²) < 4.78 is 0. The third-order valence-corrected chi connectivity index (χ3v) is 1.56. The summed E-state index contributed by atoms with van der Waals surface area (Å²) in [6, 6.07) is 7.43. The fourth-order valence-corrected chi connectivity index (χ4v) is 0.840. The fraction of sp³-hybridized carbons (Fsp3) is 0. The number of benzene rings is 1. The van der Waals surface area contributed by atoms with Gasteiger partial charge in [0.2, 0.25) is 0 Å². The molecule has 1 aromatic carbocycles. The number of rotatable bonds is 1. The van der Waals surface area contributed by atoms with Gasteiger partial charge in [-0.25, -0.2) is 0 Å². The van der Waals surface area contributed by atoms with E-state index in [-0.39, 0.29) is 0 Å². The molecule has 0 atom stereocenters. The highest BCUT2D eigenvalue weighted by atomic mass is 32.2. The zero-order valence-corrected chi connectivity index (χ0v) is 5.69. The summed E-state index contributed by atoms with van der Waals surface area (Å²) in [5, 5.41) is 5.28. The molecule has 0 heterocycles. The van der Waals surface area contributed by atoms with E-state index in [1.54, 1.807) is 0 Å². The van der Waals surface area contributed by atoms with Gasteiger partial charge in [0.15, 0.2) is 0 Å². The molecule has 0 fully saturated rings. The first-order valence-electron chi connectivity index (χ1n) is 2.55. The average molecular weight is 140 g/mol. The summed E-state index contributed by atoms with van der Waals surface area (Å²) in [6.07, 6.45) is 0. The summed E-state index contributed by atoms with van der Waals surface area (Å²) in [4.78, 5) is 1.03. The summed E-state index contributed by atoms with van der Waals surface area (Å²) in [7, 11) is 0. The number of hydrogen-bond donors (Lipinski definition) is 2. The van der Waals surface area contributed by atoms with E-state index >= 15 is 0 Å². The van der Waals surface area contributed by atoms with Gasteiger partial charge in [0.05, 0.1) is 0 Å². The molecule has 4 N–H and O–H groups in total. The minimum absolute atomic E-state index is 0.771. The van der Waals surface area contributed by atoms with Crippen LogP contribution in [0.5, 0.6) is 0 Å². The van der Waals surface area contributed by atoms with Gasteiger partial charge < -0.3 is 5.73 Å². The van der Waals surface area contributed by atoms with Gasteiger partial charge in [-0.1, -0.05) is 0 Å². The molecule has 2 nitrogen and oxygen atoms in total. The van der Waals surface area contributed by atoms with Crippen molar-refractivity contribution in [3.05, 3.63) is 24.3 Å². The van der Waals surface area contributed by atoms with Crippen molar-refractivity contribution in [2.24, 2.45) is 5.14 Å². The zero-order valence-electron chi connectivity index (χ0n) is 4.87. The Morgan fingerprint density at radius 1 is 1.11 bits per heavy atom. The highest BCUT2D eigenvalue weighted by Gasteiger charge is 1.86. The smallest absolute Gasteiger partial charge is 0.0314 e. The maximum atomic E-state index is 5.43. The van der Waals surface area contributed by atoms with Crippen LogP contribution < -0.4 is 10.9 Å². The first-order valence-corrected chi connectivity index (χ1v) is 3.43. The van der Waals surface area contributed by atoms with Crippen LogP contribution in [0.3, 0.4) is 0 Å². The van der Waals surface area contributed by atoms with Crippen molar-refractivity contribution in [2.45, 2.75) is 4.90 Å². The maximum absolute atomic E-state index is 5.43. The molecule has 1 rings (SSSR count). The van der Waals surface area contributed by atoms with Crippen LogP contribution in [0.25, 0.3) is 0 Å². The van der Waals surface area contributed by atoms with Crippen LogP contribution in [0.15, 0.2) is 29.2 Å². The van der Waals surface area contributed by atoms with E-state index in [0.717, 1.165) is 10.6 Å². The number of nitrogens with two attached hydrogens (primary N) is 2. The second kappa shape index (κ2) is 2.75. The zero-order chi connectivity index (χ0) is 6.69. The Kier molecular flexibility index (Phi) is 1.97. The van der Waals surface area contributed by atoms with Crippen molar-refractivity contribution in [1.82, 2.24) is 0 Å². The molecule has 48 valence electrons. The maximum Gasteiger partial charge on any atom is 0.0314 e. The molecule has 0 aliphatic heterocycles. The lowest BCUT2D eigenvalue weighted by Gasteiger charge is -1.93. The predicted molar refractivity (Wildman–Crippen MR) is 40.9 cm³/mol. The van der Waals surface area contributed by atoms with Gasteiger partial charge in [-0.3, -0.25) is 5.14 Å². The molecule has 3 heteroatoms. The van der Waals surface area contributed by atoms with Crippen molar-refractivity contribution >= 4 is 17.6 Å². The van der Waals surface area contributed by atoms with Crippen molar-refractivity contribution in [2.75, 3.05) is 5.73 Å². The molecular weight excluding hydrogens is 132 g/mol. The third-order valence-electron chi connectivity index (χ3n) is 1.02. The first-order chi connectivity index (χ1) is 4.33. The number of hydrogen-bond acceptors (Lipinski definition) is 3. The van der Waals surface area contributed by atoms with Crippen LogP contribution in [-0.2, 0) is 0 Å². The van der Waals surface area contributed by atoms with Gasteiger partial charge in [0.1, 0.15) is 0 Å². The van der Waals surface area contributed by atoms with E-state index in [1.165, 1.54) is 11.9 Å². The third kappa shape index (κ3) is 1.62. The van der Waals surface area contributed by atoms with E-state index in [4.69, 9.17) is 10.9 Å². The minimum Gasteiger partial charge on any atom is -0.399 e. The SMILES string of the molecule is NSc1ccc(N)cc1. The van der Waals surface area contributed by atoms with E-state index < -0.39 is 0 Å². The Labute approximate surface area is 58.4 Å². The molecule has 9 heavy (non-hydrogen) atoms. The monoisotopic (exact) mass is 140 g/mol. The molecule has 0 bridgehead atoms. The van der Waals surface area contributed by atoms with Gasteiger partial charge in [-0.15, -0.1) is 0 Å². The van der Waals surface area contributed by atoms with E-state index in [2.05, 4.69) is 0 Å². The summed E-state index contributed by atoms with van der Waals surface area (Å²) in [5.74, 6) is 0. The Balaban J connectivity index is 2.88. The lowest BCUT2D eigenvalue weighted by Crippen LogP contribution is -1.83. The van der Waals surface area contributed by atoms with Crippen LogP contribution in [0, 0.1) is 0 Å². The van der Waals surface area contributed by atoms with Gasteiger partial charge in [0, 0.05) is 10.6 Å². The van der Waals surface area contributed by atoms with E-state index in [1.807, 2.05) is 24.3 Å². The lowest BCUT2D eigenvalue weighted by molar-refractivity contribution is 1.46. The number of nitrogen functional groups attached to an aromatic ring is 1.